The van der Waals surface area contributed by atoms with Crippen molar-refractivity contribution in [1.82, 2.24) is 14.8 Å². The molecule has 0 bridgehead atoms. The molecule has 0 saturated carbocycles. The number of benzene rings is 1. The van der Waals surface area contributed by atoms with Crippen LogP contribution in [0.2, 0.25) is 0 Å². The van der Waals surface area contributed by atoms with Gasteiger partial charge in [-0.2, -0.15) is 9.98 Å². The first-order chi connectivity index (χ1) is 12.2. The molecule has 0 fully saturated rings. The fourth-order valence-corrected chi connectivity index (χ4v) is 4.15. The van der Waals surface area contributed by atoms with Crippen molar-refractivity contribution < 1.29 is 17.7 Å². The van der Waals surface area contributed by atoms with Crippen LogP contribution in [0.3, 0.4) is 0 Å². The van der Waals surface area contributed by atoms with Crippen LogP contribution in [0.4, 0.5) is 0 Å². The van der Waals surface area contributed by atoms with Crippen LogP contribution in [0.5, 0.6) is 0 Å². The number of aromatic nitrogens is 1. The van der Waals surface area contributed by atoms with E-state index < -0.39 is 22.0 Å². The zero-order chi connectivity index (χ0) is 19.5. The Morgan fingerprint density at radius 1 is 1.42 bits per heavy atom. The molecular formula is C17H20N4O4S. The van der Waals surface area contributed by atoms with E-state index in [-0.39, 0.29) is 22.9 Å². The molecule has 1 aromatic heterocycles. The Kier molecular flexibility index (Phi) is 5.79. The highest BCUT2D eigenvalue weighted by Crippen LogP contribution is 2.19. The minimum atomic E-state index is -3.94. The number of rotatable bonds is 6. The molecule has 138 valence electrons. The van der Waals surface area contributed by atoms with Gasteiger partial charge >= 0.3 is 0 Å². The lowest BCUT2D eigenvalue weighted by Gasteiger charge is -2.22. The van der Waals surface area contributed by atoms with Crippen LogP contribution in [-0.2, 0) is 21.4 Å². The normalized spacial score (nSPS) is 12.4. The summed E-state index contributed by atoms with van der Waals surface area (Å²) in [5.41, 5.74) is 1.51. The summed E-state index contributed by atoms with van der Waals surface area (Å²) in [6.07, 6.45) is 0. The molecule has 1 N–H and O–H groups in total. The number of likely N-dealkylation sites (N-methyl/N-ethyl adjacent to an activating group) is 1. The van der Waals surface area contributed by atoms with E-state index in [2.05, 4.69) is 9.88 Å². The highest BCUT2D eigenvalue weighted by molar-refractivity contribution is 7.89. The van der Waals surface area contributed by atoms with Gasteiger partial charge in [0.1, 0.15) is 10.6 Å². The molecule has 9 heteroatoms. The highest BCUT2D eigenvalue weighted by Gasteiger charge is 2.29. The average Bonchev–Trinajstić information content (AvgIpc) is 2.93. The molecule has 0 saturated heterocycles. The van der Waals surface area contributed by atoms with Crippen molar-refractivity contribution in [2.75, 3.05) is 7.05 Å². The average molecular weight is 376 g/mol. The molecule has 0 unspecified atom stereocenters. The molecule has 0 aliphatic heterocycles. The van der Waals surface area contributed by atoms with Crippen LogP contribution >= 0.6 is 0 Å². The first-order valence-corrected chi connectivity index (χ1v) is 9.33. The van der Waals surface area contributed by atoms with E-state index in [9.17, 15) is 13.2 Å². The Hall–Kier alpha value is -2.70. The van der Waals surface area contributed by atoms with Gasteiger partial charge in [-0.1, -0.05) is 17.3 Å². The van der Waals surface area contributed by atoms with Gasteiger partial charge in [0.2, 0.25) is 15.9 Å². The standard InChI is InChI=1S/C17H20N4O4S/c1-11-16(13(3)25-19-11)26(23,24)20-12(2)17(22)21(4)10-15-7-5-6-14(8-15)9-18/h5-8,12,20H,10H2,1-4H3/t12-/m0/s1. The van der Waals surface area contributed by atoms with Gasteiger partial charge in [-0.3, -0.25) is 4.79 Å². The zero-order valence-electron chi connectivity index (χ0n) is 15.0. The second-order valence-corrected chi connectivity index (χ2v) is 7.65. The zero-order valence-corrected chi connectivity index (χ0v) is 15.8. The van der Waals surface area contributed by atoms with E-state index in [1.165, 1.54) is 25.7 Å². The predicted molar refractivity (Wildman–Crippen MR) is 93.4 cm³/mol. The largest absolute Gasteiger partial charge is 0.360 e. The van der Waals surface area contributed by atoms with Crippen LogP contribution in [0.25, 0.3) is 0 Å². The van der Waals surface area contributed by atoms with E-state index in [1.54, 1.807) is 31.3 Å². The van der Waals surface area contributed by atoms with Crippen LogP contribution in [0, 0.1) is 25.2 Å². The lowest BCUT2D eigenvalue weighted by Crippen LogP contribution is -2.45. The van der Waals surface area contributed by atoms with Gasteiger partial charge in [-0.15, -0.1) is 0 Å². The predicted octanol–water partition coefficient (Wildman–Crippen LogP) is 1.49. The number of nitriles is 1. The third-order valence-corrected chi connectivity index (χ3v) is 5.58. The maximum absolute atomic E-state index is 12.5. The van der Waals surface area contributed by atoms with E-state index in [0.717, 1.165) is 5.56 Å². The lowest BCUT2D eigenvalue weighted by atomic mass is 10.1. The number of carbonyl (C=O) groups excluding carboxylic acids is 1. The van der Waals surface area contributed by atoms with Crippen molar-refractivity contribution in [3.8, 4) is 6.07 Å². The first-order valence-electron chi connectivity index (χ1n) is 7.85. The molecule has 1 heterocycles. The monoisotopic (exact) mass is 376 g/mol. The number of nitrogens with zero attached hydrogens (tertiary/aromatic N) is 3. The molecule has 2 rings (SSSR count). The number of hydrogen-bond acceptors (Lipinski definition) is 6. The van der Waals surface area contributed by atoms with Gasteiger partial charge < -0.3 is 9.42 Å². The van der Waals surface area contributed by atoms with Gasteiger partial charge in [0.15, 0.2) is 5.76 Å². The van der Waals surface area contributed by atoms with Crippen molar-refractivity contribution >= 4 is 15.9 Å². The summed E-state index contributed by atoms with van der Waals surface area (Å²) in [4.78, 5) is 13.9. The summed E-state index contributed by atoms with van der Waals surface area (Å²) >= 11 is 0. The van der Waals surface area contributed by atoms with Crippen molar-refractivity contribution in [2.45, 2.75) is 38.3 Å². The smallest absolute Gasteiger partial charge is 0.246 e. The summed E-state index contributed by atoms with van der Waals surface area (Å²) in [7, 11) is -2.36. The summed E-state index contributed by atoms with van der Waals surface area (Å²) in [6.45, 7) is 4.74. The number of hydrogen-bond donors (Lipinski definition) is 1. The van der Waals surface area contributed by atoms with Crippen LogP contribution in [0.15, 0.2) is 33.7 Å². The summed E-state index contributed by atoms with van der Waals surface area (Å²) < 4.78 is 32.2. The van der Waals surface area contributed by atoms with E-state index in [4.69, 9.17) is 9.78 Å². The molecule has 26 heavy (non-hydrogen) atoms. The molecule has 0 radical (unpaired) electrons. The molecule has 0 spiro atoms. The van der Waals surface area contributed by atoms with E-state index in [1.807, 2.05) is 6.07 Å². The molecule has 8 nitrogen and oxygen atoms in total. The number of sulfonamides is 1. The SMILES string of the molecule is Cc1noc(C)c1S(=O)(=O)N[C@@H](C)C(=O)N(C)Cc1cccc(C#N)c1. The Bertz CT molecular complexity index is 940. The fraction of sp³-hybridized carbons (Fsp3) is 0.353. The summed E-state index contributed by atoms with van der Waals surface area (Å²) in [6, 6.07) is 7.95. The van der Waals surface area contributed by atoms with Crippen LogP contribution < -0.4 is 4.72 Å². The maximum atomic E-state index is 12.5. The molecule has 1 atom stereocenters. The number of nitrogens with one attached hydrogen (secondary N) is 1. The molecule has 0 aliphatic carbocycles. The number of carbonyl (C=O) groups is 1. The topological polar surface area (TPSA) is 116 Å². The minimum absolute atomic E-state index is 0.0541. The van der Waals surface area contributed by atoms with Gasteiger partial charge in [-0.25, -0.2) is 8.42 Å². The molecular weight excluding hydrogens is 356 g/mol. The number of amides is 1. The Labute approximate surface area is 152 Å². The summed E-state index contributed by atoms with van der Waals surface area (Å²) in [5, 5.41) is 12.6. The minimum Gasteiger partial charge on any atom is -0.360 e. The second-order valence-electron chi connectivity index (χ2n) is 6.00. The third kappa shape index (κ3) is 4.28. The quantitative estimate of drug-likeness (QED) is 0.816. The first kappa shape index (κ1) is 19.6. The summed E-state index contributed by atoms with van der Waals surface area (Å²) in [5.74, 6) is -0.237. The highest BCUT2D eigenvalue weighted by atomic mass is 32.2. The van der Waals surface area contributed by atoms with Gasteiger partial charge in [0.25, 0.3) is 0 Å². The molecule has 1 amide bonds. The molecule has 2 aromatic rings. The van der Waals surface area contributed by atoms with Crippen LogP contribution in [0.1, 0.15) is 29.5 Å². The molecule has 0 aliphatic rings. The maximum Gasteiger partial charge on any atom is 0.246 e. The molecule has 1 aromatic carbocycles. The van der Waals surface area contributed by atoms with E-state index in [0.29, 0.717) is 5.56 Å². The van der Waals surface area contributed by atoms with Crippen molar-refractivity contribution in [2.24, 2.45) is 0 Å². The van der Waals surface area contributed by atoms with Crippen molar-refractivity contribution in [1.29, 1.82) is 5.26 Å². The van der Waals surface area contributed by atoms with Crippen molar-refractivity contribution in [3.63, 3.8) is 0 Å². The van der Waals surface area contributed by atoms with Gasteiger partial charge in [0.05, 0.1) is 17.7 Å². The number of aryl methyl sites for hydroxylation is 2. The van der Waals surface area contributed by atoms with Gasteiger partial charge in [-0.05, 0) is 38.5 Å². The van der Waals surface area contributed by atoms with Crippen LogP contribution in [-0.4, -0.2) is 37.5 Å². The Morgan fingerprint density at radius 2 is 2.12 bits per heavy atom. The Balaban J connectivity index is 2.10. The van der Waals surface area contributed by atoms with Gasteiger partial charge in [0, 0.05) is 13.6 Å². The van der Waals surface area contributed by atoms with Crippen molar-refractivity contribution in [3.05, 3.63) is 46.8 Å². The van der Waals surface area contributed by atoms with E-state index >= 15 is 0 Å². The fourth-order valence-electron chi connectivity index (χ4n) is 2.62. The lowest BCUT2D eigenvalue weighted by molar-refractivity contribution is -0.131. The Morgan fingerprint density at radius 3 is 2.69 bits per heavy atom. The second kappa shape index (κ2) is 7.68. The third-order valence-electron chi connectivity index (χ3n) is 3.79.